The van der Waals surface area contributed by atoms with Gasteiger partial charge in [-0.15, -0.1) is 0 Å². The number of halogens is 1. The third kappa shape index (κ3) is 5.10. The summed E-state index contributed by atoms with van der Waals surface area (Å²) >= 11 is 0. The summed E-state index contributed by atoms with van der Waals surface area (Å²) in [4.78, 5) is 17.6. The van der Waals surface area contributed by atoms with Crippen LogP contribution in [0.15, 0.2) is 48.5 Å². The first-order valence-corrected chi connectivity index (χ1v) is 9.64. The number of aryl methyl sites for hydroxylation is 1. The van der Waals surface area contributed by atoms with Crippen molar-refractivity contribution < 1.29 is 19.0 Å². The Morgan fingerprint density at radius 1 is 1.23 bits per heavy atom. The Morgan fingerprint density at radius 2 is 2.00 bits per heavy atom. The van der Waals surface area contributed by atoms with E-state index in [0.29, 0.717) is 28.2 Å². The van der Waals surface area contributed by atoms with Gasteiger partial charge in [-0.25, -0.2) is 9.37 Å². The summed E-state index contributed by atoms with van der Waals surface area (Å²) in [6, 6.07) is 13.4. The van der Waals surface area contributed by atoms with Gasteiger partial charge >= 0.3 is 0 Å². The smallest absolute Gasteiger partial charge is 0.246 e. The van der Waals surface area contributed by atoms with E-state index >= 15 is 0 Å². The Bertz CT molecular complexity index is 1100. The summed E-state index contributed by atoms with van der Waals surface area (Å²) in [5, 5.41) is 13.1. The monoisotopic (exact) mass is 424 g/mol. The molecule has 8 heteroatoms. The van der Waals surface area contributed by atoms with Gasteiger partial charge in [0.05, 0.1) is 11.4 Å². The molecule has 1 aromatic heterocycles. The highest BCUT2D eigenvalue weighted by Crippen LogP contribution is 2.35. The van der Waals surface area contributed by atoms with Crippen molar-refractivity contribution in [3.63, 3.8) is 0 Å². The molecule has 0 atom stereocenters. The zero-order valence-corrected chi connectivity index (χ0v) is 17.6. The van der Waals surface area contributed by atoms with Gasteiger partial charge in [-0.3, -0.25) is 4.79 Å². The second kappa shape index (κ2) is 9.44. The number of nitrogens with zero attached hydrogens (tertiary/aromatic N) is 2. The van der Waals surface area contributed by atoms with Crippen molar-refractivity contribution in [3.05, 3.63) is 65.5 Å². The number of phenols is 1. The van der Waals surface area contributed by atoms with Crippen LogP contribution in [0.3, 0.4) is 0 Å². The lowest BCUT2D eigenvalue weighted by atomic mass is 10.1. The standard InChI is InChI=1S/C23H25FN4O3/c1-14-4-8-20(18(24)10-14)28(2)16-6-9-21(29)17(11-16)19-7-5-15(23(25)27-19)12-26-22(30)13-31-3/h4-11,29H,12-13H2,1-3H3,(H2,25,27)(H,26,30). The quantitative estimate of drug-likeness (QED) is 0.537. The molecule has 0 aliphatic carbocycles. The lowest BCUT2D eigenvalue weighted by Gasteiger charge is -2.21. The molecule has 3 aromatic rings. The highest BCUT2D eigenvalue weighted by Gasteiger charge is 2.14. The number of aromatic hydroxyl groups is 1. The molecule has 0 aliphatic heterocycles. The van der Waals surface area contributed by atoms with Crippen LogP contribution in [-0.4, -0.2) is 36.8 Å². The number of ether oxygens (including phenoxy) is 1. The molecule has 0 fully saturated rings. The maximum atomic E-state index is 14.4. The Labute approximate surface area is 180 Å². The molecule has 1 amide bonds. The second-order valence-electron chi connectivity index (χ2n) is 7.17. The Morgan fingerprint density at radius 3 is 2.68 bits per heavy atom. The molecular formula is C23H25FN4O3. The van der Waals surface area contributed by atoms with E-state index in [-0.39, 0.29) is 36.4 Å². The van der Waals surface area contributed by atoms with Gasteiger partial charge in [-0.2, -0.15) is 0 Å². The van der Waals surface area contributed by atoms with E-state index in [1.54, 1.807) is 42.3 Å². The van der Waals surface area contributed by atoms with Crippen molar-refractivity contribution >= 4 is 23.1 Å². The minimum atomic E-state index is -0.334. The van der Waals surface area contributed by atoms with Gasteiger partial charge in [-0.05, 0) is 48.9 Å². The zero-order chi connectivity index (χ0) is 22.5. The van der Waals surface area contributed by atoms with E-state index in [4.69, 9.17) is 10.5 Å². The molecule has 0 radical (unpaired) electrons. The summed E-state index contributed by atoms with van der Waals surface area (Å²) in [7, 11) is 3.19. The van der Waals surface area contributed by atoms with Gasteiger partial charge in [0.15, 0.2) is 0 Å². The number of phenolic OH excluding ortho intramolecular Hbond substituents is 1. The number of anilines is 3. The number of rotatable bonds is 7. The first-order valence-electron chi connectivity index (χ1n) is 9.64. The van der Waals surface area contributed by atoms with E-state index in [2.05, 4.69) is 10.3 Å². The van der Waals surface area contributed by atoms with E-state index in [0.717, 1.165) is 5.56 Å². The van der Waals surface area contributed by atoms with Crippen molar-refractivity contribution in [2.45, 2.75) is 13.5 Å². The normalized spacial score (nSPS) is 10.7. The first kappa shape index (κ1) is 22.0. The summed E-state index contributed by atoms with van der Waals surface area (Å²) < 4.78 is 19.2. The number of methoxy groups -OCH3 is 1. The number of carbonyl (C=O) groups excluding carboxylic acids is 1. The van der Waals surface area contributed by atoms with E-state index in [9.17, 15) is 14.3 Å². The molecule has 0 bridgehead atoms. The van der Waals surface area contributed by atoms with Crippen molar-refractivity contribution in [2.24, 2.45) is 0 Å². The van der Waals surface area contributed by atoms with Crippen LogP contribution in [0.4, 0.5) is 21.6 Å². The minimum Gasteiger partial charge on any atom is -0.507 e. The number of aromatic nitrogens is 1. The molecule has 0 aliphatic rings. The van der Waals surface area contributed by atoms with Crippen LogP contribution in [0.5, 0.6) is 5.75 Å². The zero-order valence-electron chi connectivity index (χ0n) is 17.6. The molecule has 162 valence electrons. The SMILES string of the molecule is COCC(=O)NCc1ccc(-c2cc(N(C)c3ccc(C)cc3F)ccc2O)nc1N. The predicted molar refractivity (Wildman–Crippen MR) is 119 cm³/mol. The van der Waals surface area contributed by atoms with E-state index in [1.165, 1.54) is 19.2 Å². The van der Waals surface area contributed by atoms with Crippen LogP contribution in [0, 0.1) is 12.7 Å². The van der Waals surface area contributed by atoms with Gasteiger partial charge in [0, 0.05) is 37.5 Å². The van der Waals surface area contributed by atoms with E-state index < -0.39 is 0 Å². The van der Waals surface area contributed by atoms with E-state index in [1.807, 2.05) is 13.0 Å². The van der Waals surface area contributed by atoms with Crippen LogP contribution in [-0.2, 0) is 16.1 Å². The van der Waals surface area contributed by atoms with Gasteiger partial charge in [0.1, 0.15) is 24.0 Å². The molecule has 0 saturated heterocycles. The second-order valence-corrected chi connectivity index (χ2v) is 7.17. The highest BCUT2D eigenvalue weighted by molar-refractivity contribution is 5.78. The van der Waals surface area contributed by atoms with Crippen molar-refractivity contribution in [2.75, 3.05) is 31.4 Å². The van der Waals surface area contributed by atoms with Crippen molar-refractivity contribution in [1.29, 1.82) is 0 Å². The van der Waals surface area contributed by atoms with Crippen LogP contribution in [0.25, 0.3) is 11.3 Å². The number of nitrogens with two attached hydrogens (primary N) is 1. The number of nitrogens with one attached hydrogen (secondary N) is 1. The third-order valence-corrected chi connectivity index (χ3v) is 4.87. The number of carbonyl (C=O) groups is 1. The number of nitrogen functional groups attached to an aromatic ring is 1. The lowest BCUT2D eigenvalue weighted by Crippen LogP contribution is -2.27. The molecular weight excluding hydrogens is 399 g/mol. The molecule has 0 saturated carbocycles. The molecule has 4 N–H and O–H groups in total. The van der Waals surface area contributed by atoms with Gasteiger partial charge in [0.25, 0.3) is 0 Å². The number of amides is 1. The Kier molecular flexibility index (Phi) is 6.71. The Hall–Kier alpha value is -3.65. The maximum absolute atomic E-state index is 14.4. The maximum Gasteiger partial charge on any atom is 0.246 e. The minimum absolute atomic E-state index is 0.0228. The highest BCUT2D eigenvalue weighted by atomic mass is 19.1. The summed E-state index contributed by atoms with van der Waals surface area (Å²) in [5.74, 6) is -0.338. The molecule has 0 unspecified atom stereocenters. The molecule has 31 heavy (non-hydrogen) atoms. The van der Waals surface area contributed by atoms with Gasteiger partial charge in [0.2, 0.25) is 5.91 Å². The lowest BCUT2D eigenvalue weighted by molar-refractivity contribution is -0.124. The average Bonchev–Trinajstić information content (AvgIpc) is 2.73. The fourth-order valence-electron chi connectivity index (χ4n) is 3.14. The molecule has 7 nitrogen and oxygen atoms in total. The molecule has 2 aromatic carbocycles. The Balaban J connectivity index is 1.87. The first-order chi connectivity index (χ1) is 14.8. The summed E-state index contributed by atoms with van der Waals surface area (Å²) in [6.07, 6.45) is 0. The molecule has 0 spiro atoms. The van der Waals surface area contributed by atoms with Crippen molar-refractivity contribution in [1.82, 2.24) is 10.3 Å². The largest absolute Gasteiger partial charge is 0.507 e. The number of hydrogen-bond acceptors (Lipinski definition) is 6. The number of hydrogen-bond donors (Lipinski definition) is 3. The fraction of sp³-hybridized carbons (Fsp3) is 0.217. The predicted octanol–water partition coefficient (Wildman–Crippen LogP) is 3.51. The van der Waals surface area contributed by atoms with Crippen LogP contribution < -0.4 is 16.0 Å². The fourth-order valence-corrected chi connectivity index (χ4v) is 3.14. The van der Waals surface area contributed by atoms with Crippen LogP contribution in [0.1, 0.15) is 11.1 Å². The average molecular weight is 424 g/mol. The summed E-state index contributed by atoms with van der Waals surface area (Å²) in [5.41, 5.74) is 9.53. The topological polar surface area (TPSA) is 101 Å². The van der Waals surface area contributed by atoms with Crippen molar-refractivity contribution in [3.8, 4) is 17.0 Å². The third-order valence-electron chi connectivity index (χ3n) is 4.87. The van der Waals surface area contributed by atoms with Gasteiger partial charge in [-0.1, -0.05) is 12.1 Å². The van der Waals surface area contributed by atoms with Crippen LogP contribution in [0.2, 0.25) is 0 Å². The molecule has 3 rings (SSSR count). The number of pyridine rings is 1. The van der Waals surface area contributed by atoms with Gasteiger partial charge < -0.3 is 25.8 Å². The summed E-state index contributed by atoms with van der Waals surface area (Å²) in [6.45, 7) is 2.00. The number of benzene rings is 2. The van der Waals surface area contributed by atoms with Crippen LogP contribution >= 0.6 is 0 Å². The molecule has 1 heterocycles.